The normalized spacial score (nSPS) is 14.9. The van der Waals surface area contributed by atoms with E-state index in [0.717, 1.165) is 89.4 Å². The number of para-hydroxylation sites is 2. The summed E-state index contributed by atoms with van der Waals surface area (Å²) in [5, 5.41) is 2.07. The van der Waals surface area contributed by atoms with Crippen LogP contribution in [0.2, 0.25) is 0 Å². The van der Waals surface area contributed by atoms with Crippen LogP contribution in [0, 0.1) is 0 Å². The van der Waals surface area contributed by atoms with Crippen LogP contribution in [0.25, 0.3) is 34.4 Å². The Morgan fingerprint density at radius 1 is 0.320 bits per heavy atom. The van der Waals surface area contributed by atoms with Crippen molar-refractivity contribution in [2.24, 2.45) is 0 Å². The molecule has 12 heteroatoms. The predicted molar refractivity (Wildman–Crippen MR) is 389 cm³/mol. The highest BCUT2D eigenvalue weighted by Gasteiger charge is 2.42. The second-order valence-corrected chi connectivity index (χ2v) is 29.0. The molecule has 2 unspecified atom stereocenters. The fourth-order valence-electron chi connectivity index (χ4n) is 12.1. The minimum absolute atomic E-state index is 0.228. The van der Waals surface area contributed by atoms with Gasteiger partial charge in [0.25, 0.3) is 0 Å². The summed E-state index contributed by atoms with van der Waals surface area (Å²) < 4.78 is 82.4. The molecule has 480 valence electrons. The molecule has 0 saturated heterocycles. The first-order chi connectivity index (χ1) is 47.4. The van der Waals surface area contributed by atoms with Crippen molar-refractivity contribution in [3.63, 3.8) is 0 Å². The zero-order valence-corrected chi connectivity index (χ0v) is 55.6. The highest BCUT2D eigenvalue weighted by molar-refractivity contribution is 7.75. The molecular formula is C85H70O10P2. The second kappa shape index (κ2) is 27.7. The van der Waals surface area contributed by atoms with Gasteiger partial charge in [-0.2, -0.15) is 0 Å². The molecule has 97 heavy (non-hydrogen) atoms. The van der Waals surface area contributed by atoms with Crippen LogP contribution in [0.5, 0.6) is 46.0 Å². The average molecular weight is 1310 g/mol. The summed E-state index contributed by atoms with van der Waals surface area (Å²) in [6, 6.07) is 90.5. The van der Waals surface area contributed by atoms with E-state index in [1.54, 1.807) is 24.3 Å². The van der Waals surface area contributed by atoms with Gasteiger partial charge in [0.05, 0.1) is 21.2 Å². The van der Waals surface area contributed by atoms with Crippen molar-refractivity contribution in [3.05, 3.63) is 348 Å². The number of hydrogen-bond donors (Lipinski definition) is 0. The lowest BCUT2D eigenvalue weighted by atomic mass is 9.78. The van der Waals surface area contributed by atoms with Crippen LogP contribution in [-0.2, 0) is 54.2 Å². The first kappa shape index (κ1) is 63.4. The van der Waals surface area contributed by atoms with Crippen LogP contribution < -0.4 is 58.7 Å². The third-order valence-corrected chi connectivity index (χ3v) is 22.7. The van der Waals surface area contributed by atoms with E-state index in [2.05, 4.69) is 51.3 Å². The Labute approximate surface area is 566 Å². The van der Waals surface area contributed by atoms with Crippen molar-refractivity contribution in [3.8, 4) is 68.2 Å². The maximum absolute atomic E-state index is 15.5. The maximum Gasteiger partial charge on any atom is 0.311 e. The van der Waals surface area contributed by atoms with Gasteiger partial charge < -0.3 is 37.5 Å². The smallest absolute Gasteiger partial charge is 0.311 e. The standard InChI is InChI=1S/C85H70O10P2/c1-5-59-23-27-61(28-24-59)55-90-71-47-50-80(84(51-71)97(87)82-22-14-10-18-76(82)74-16-8-12-20-78(74)95-97)93-58-66-37-35-63(36-38-66)54-89-70-45-41-68(42-46-70)85(3,4)67-39-43-69(44-40-67)88-53-62-31-33-64(34-32-62)56-91-72-48-49-79(92-57-65-29-25-60(6-2)26-30-65)83(52-72)96(86)81-21-13-9-17-75(81)73-15-7-11-19-77(73)94-96/h5-52H,1-2,53-58H2,3-4H3. The molecule has 0 amide bonds. The van der Waals surface area contributed by atoms with E-state index in [0.29, 0.717) is 75.5 Å². The Balaban J connectivity index is 0.576. The number of hydrogen-bond acceptors (Lipinski definition) is 10. The van der Waals surface area contributed by atoms with Gasteiger partial charge in [0.15, 0.2) is 0 Å². The Morgan fingerprint density at radius 2 is 0.608 bits per heavy atom. The summed E-state index contributed by atoms with van der Waals surface area (Å²) in [6.45, 7) is 14.0. The quantitative estimate of drug-likeness (QED) is 0.0543. The van der Waals surface area contributed by atoms with Gasteiger partial charge in [-0.1, -0.05) is 233 Å². The maximum atomic E-state index is 15.5. The molecule has 14 rings (SSSR count). The largest absolute Gasteiger partial charge is 0.489 e. The Hall–Kier alpha value is -11.0. The lowest BCUT2D eigenvalue weighted by molar-refractivity contribution is 0.298. The van der Waals surface area contributed by atoms with Crippen LogP contribution in [0.15, 0.2) is 292 Å². The number of rotatable bonds is 24. The van der Waals surface area contributed by atoms with Crippen LogP contribution in [0.1, 0.15) is 69.5 Å². The van der Waals surface area contributed by atoms with Crippen molar-refractivity contribution < 1.29 is 46.6 Å². The fourth-order valence-corrected chi connectivity index (χ4v) is 16.9. The summed E-state index contributed by atoms with van der Waals surface area (Å²) in [6.07, 6.45) is 3.61. The van der Waals surface area contributed by atoms with E-state index in [4.69, 9.17) is 37.5 Å². The van der Waals surface area contributed by atoms with Crippen molar-refractivity contribution in [2.75, 3.05) is 0 Å². The number of benzene rings is 12. The first-order valence-corrected chi connectivity index (χ1v) is 35.5. The minimum Gasteiger partial charge on any atom is -0.489 e. The van der Waals surface area contributed by atoms with E-state index in [1.807, 2.05) is 243 Å². The summed E-state index contributed by atoms with van der Waals surface area (Å²) in [5.41, 5.74) is 13.4. The molecule has 12 aromatic rings. The number of ether oxygens (including phenoxy) is 6. The van der Waals surface area contributed by atoms with Crippen LogP contribution >= 0.6 is 14.7 Å². The van der Waals surface area contributed by atoms with Gasteiger partial charge in [0, 0.05) is 16.5 Å². The lowest BCUT2D eigenvalue weighted by Crippen LogP contribution is -2.26. The molecular weight excluding hydrogens is 1240 g/mol. The molecule has 0 N–H and O–H groups in total. The molecule has 0 spiro atoms. The van der Waals surface area contributed by atoms with E-state index < -0.39 is 14.7 Å². The van der Waals surface area contributed by atoms with Crippen molar-refractivity contribution in [1.82, 2.24) is 0 Å². The topological polar surface area (TPSA) is 108 Å². The van der Waals surface area contributed by atoms with Gasteiger partial charge in [-0.25, -0.2) is 0 Å². The minimum atomic E-state index is -3.75. The lowest BCUT2D eigenvalue weighted by Gasteiger charge is -2.30. The van der Waals surface area contributed by atoms with Crippen LogP contribution in [-0.4, -0.2) is 0 Å². The molecule has 0 aromatic heterocycles. The molecule has 12 aromatic carbocycles. The fraction of sp³-hybridized carbons (Fsp3) is 0.106. The molecule has 2 heterocycles. The summed E-state index contributed by atoms with van der Waals surface area (Å²) >= 11 is 0. The number of fused-ring (bicyclic) bond motifs is 6. The second-order valence-electron chi connectivity index (χ2n) is 24.5. The Bertz CT molecular complexity index is 4930. The summed E-state index contributed by atoms with van der Waals surface area (Å²) in [7, 11) is -7.48. The van der Waals surface area contributed by atoms with Crippen LogP contribution in [0.4, 0.5) is 0 Å². The summed E-state index contributed by atoms with van der Waals surface area (Å²) in [4.78, 5) is 0. The Kier molecular flexibility index (Phi) is 18.1. The summed E-state index contributed by atoms with van der Waals surface area (Å²) in [5.74, 6) is 4.62. The van der Waals surface area contributed by atoms with Gasteiger partial charge in [0.2, 0.25) is 0 Å². The van der Waals surface area contributed by atoms with Gasteiger partial charge in [-0.05, 0) is 152 Å². The third kappa shape index (κ3) is 13.7. The monoisotopic (exact) mass is 1310 g/mol. The highest BCUT2D eigenvalue weighted by Crippen LogP contribution is 2.57. The van der Waals surface area contributed by atoms with Gasteiger partial charge >= 0.3 is 14.7 Å². The average Bonchev–Trinajstić information content (AvgIpc) is 0.739. The van der Waals surface area contributed by atoms with E-state index in [1.165, 1.54) is 0 Å². The molecule has 0 saturated carbocycles. The molecule has 2 aliphatic rings. The van der Waals surface area contributed by atoms with Gasteiger partial charge in [-0.3, -0.25) is 9.13 Å². The van der Waals surface area contributed by atoms with E-state index in [-0.39, 0.29) is 25.2 Å². The molecule has 0 radical (unpaired) electrons. The van der Waals surface area contributed by atoms with Crippen molar-refractivity contribution in [2.45, 2.75) is 58.9 Å². The van der Waals surface area contributed by atoms with Gasteiger partial charge in [-0.15, -0.1) is 0 Å². The van der Waals surface area contributed by atoms with Crippen molar-refractivity contribution in [1.29, 1.82) is 0 Å². The predicted octanol–water partition coefficient (Wildman–Crippen LogP) is 19.3. The zero-order valence-electron chi connectivity index (χ0n) is 53.8. The SMILES string of the molecule is C=Cc1ccc(COc2ccc(OCc3ccc(COc4ccc(C(C)(C)c5ccc(OCc6ccc(COc7ccc(OCc8ccc(C=C)cc8)c(P8(=O)Oc9ccccc9-c9ccccc98)c7)cc6)cc5)cc4)cc3)c(P3(=O)Oc4ccccc4-c4ccccc43)c2)cc1. The molecule has 2 atom stereocenters. The molecule has 2 aliphatic heterocycles. The molecule has 10 nitrogen and oxygen atoms in total. The third-order valence-electron chi connectivity index (χ3n) is 17.8. The van der Waals surface area contributed by atoms with Crippen molar-refractivity contribution >= 4 is 48.1 Å². The molecule has 0 bridgehead atoms. The Morgan fingerprint density at radius 3 is 0.959 bits per heavy atom. The van der Waals surface area contributed by atoms with E-state index >= 15 is 9.13 Å². The van der Waals surface area contributed by atoms with E-state index in [9.17, 15) is 0 Å². The zero-order chi connectivity index (χ0) is 66.4. The first-order valence-electron chi connectivity index (χ1n) is 32.2. The molecule has 0 aliphatic carbocycles. The molecule has 0 fully saturated rings. The van der Waals surface area contributed by atoms with Crippen LogP contribution in [0.3, 0.4) is 0 Å². The van der Waals surface area contributed by atoms with Gasteiger partial charge in [0.1, 0.15) is 85.6 Å². The highest BCUT2D eigenvalue weighted by atomic mass is 31.2.